The molecule has 0 unspecified atom stereocenters. The molecule has 1 radical (unpaired) electrons. The van der Waals surface area contributed by atoms with E-state index in [1.807, 2.05) is 0 Å². The van der Waals surface area contributed by atoms with Crippen LogP contribution in [0.15, 0.2) is 0 Å². The van der Waals surface area contributed by atoms with Crippen molar-refractivity contribution in [1.82, 2.24) is 0 Å². The van der Waals surface area contributed by atoms with Crippen LogP contribution in [0.3, 0.4) is 0 Å². The van der Waals surface area contributed by atoms with E-state index in [9.17, 15) is 17.6 Å². The molecule has 1 aromatic carbocycles. The van der Waals surface area contributed by atoms with E-state index in [0.29, 0.717) is 5.75 Å². The minimum Gasteiger partial charge on any atom is -0.203 e. The summed E-state index contributed by atoms with van der Waals surface area (Å²) < 4.78 is 52.4. The average molecular weight is 237 g/mol. The summed E-state index contributed by atoms with van der Waals surface area (Å²) in [5.74, 6) is -5.02. The highest BCUT2D eigenvalue weighted by molar-refractivity contribution is 7.98. The summed E-state index contributed by atoms with van der Waals surface area (Å²) in [4.78, 5) is 0. The molecule has 1 aromatic rings. The minimum atomic E-state index is -1.42. The fraction of sp³-hybridized carbons (Fsp3) is 0.300. The summed E-state index contributed by atoms with van der Waals surface area (Å²) >= 11 is 1.18. The first-order valence-electron chi connectivity index (χ1n) is 4.25. The second kappa shape index (κ2) is 4.88. The van der Waals surface area contributed by atoms with Crippen LogP contribution in [0.1, 0.15) is 18.1 Å². The quantitative estimate of drug-likeness (QED) is 0.571. The smallest absolute Gasteiger partial charge is 0.166 e. The van der Waals surface area contributed by atoms with Gasteiger partial charge >= 0.3 is 0 Å². The number of rotatable bonds is 3. The van der Waals surface area contributed by atoms with Gasteiger partial charge in [0.1, 0.15) is 0 Å². The van der Waals surface area contributed by atoms with Gasteiger partial charge in [0.15, 0.2) is 23.3 Å². The Kier molecular flexibility index (Phi) is 4.02. The Labute approximate surface area is 89.7 Å². The van der Waals surface area contributed by atoms with Crippen molar-refractivity contribution in [3.05, 3.63) is 41.3 Å². The van der Waals surface area contributed by atoms with Gasteiger partial charge in [-0.2, -0.15) is 11.8 Å². The first-order chi connectivity index (χ1) is 7.00. The number of hydrogen-bond acceptors (Lipinski definition) is 1. The Morgan fingerprint density at radius 2 is 1.47 bits per heavy atom. The SMILES string of the molecule is [CH2]c1c(F)c(F)c(CSCC)c(F)c1F. The van der Waals surface area contributed by atoms with Crippen molar-refractivity contribution >= 4 is 11.8 Å². The van der Waals surface area contributed by atoms with Gasteiger partial charge in [0, 0.05) is 16.9 Å². The lowest BCUT2D eigenvalue weighted by molar-refractivity contribution is 0.439. The monoisotopic (exact) mass is 237 g/mol. The lowest BCUT2D eigenvalue weighted by Gasteiger charge is -2.08. The molecule has 0 N–H and O–H groups in total. The van der Waals surface area contributed by atoms with Gasteiger partial charge in [-0.05, 0) is 12.7 Å². The maximum absolute atomic E-state index is 13.2. The Balaban J connectivity index is 3.26. The molecule has 83 valence electrons. The third kappa shape index (κ3) is 2.27. The standard InChI is InChI=1S/C10H9F4S/c1-3-15-4-6-9(13)7(11)5(2)8(12)10(6)14/h2-4H2,1H3. The van der Waals surface area contributed by atoms with E-state index in [1.165, 1.54) is 11.8 Å². The molecule has 5 heteroatoms. The van der Waals surface area contributed by atoms with E-state index in [2.05, 4.69) is 6.92 Å². The molecule has 0 saturated heterocycles. The molecule has 0 spiro atoms. The fourth-order valence-corrected chi connectivity index (χ4v) is 1.72. The van der Waals surface area contributed by atoms with Crippen LogP contribution < -0.4 is 0 Å². The van der Waals surface area contributed by atoms with Crippen molar-refractivity contribution in [2.45, 2.75) is 12.7 Å². The zero-order chi connectivity index (χ0) is 11.6. The molecule has 0 atom stereocenters. The molecule has 0 fully saturated rings. The lowest BCUT2D eigenvalue weighted by atomic mass is 10.1. The van der Waals surface area contributed by atoms with E-state index in [1.54, 1.807) is 6.92 Å². The van der Waals surface area contributed by atoms with Crippen LogP contribution in [0.25, 0.3) is 0 Å². The van der Waals surface area contributed by atoms with Crippen LogP contribution in [0.4, 0.5) is 17.6 Å². The second-order valence-corrected chi connectivity index (χ2v) is 4.12. The molecule has 15 heavy (non-hydrogen) atoms. The van der Waals surface area contributed by atoms with Gasteiger partial charge in [-0.15, -0.1) is 0 Å². The van der Waals surface area contributed by atoms with Gasteiger partial charge in [0.25, 0.3) is 0 Å². The molecule has 0 aliphatic heterocycles. The van der Waals surface area contributed by atoms with Crippen molar-refractivity contribution in [2.24, 2.45) is 0 Å². The molecule has 0 aromatic heterocycles. The minimum absolute atomic E-state index is 0.0950. The maximum atomic E-state index is 13.2. The molecule has 0 bridgehead atoms. The summed E-state index contributed by atoms with van der Waals surface area (Å²) in [5.41, 5.74) is -1.43. The summed E-state index contributed by atoms with van der Waals surface area (Å²) in [7, 11) is 0. The van der Waals surface area contributed by atoms with Gasteiger partial charge in [-0.25, -0.2) is 17.6 Å². The first-order valence-corrected chi connectivity index (χ1v) is 5.40. The van der Waals surface area contributed by atoms with Crippen LogP contribution in [-0.2, 0) is 5.75 Å². The normalized spacial score (nSPS) is 10.8. The molecule has 0 saturated carbocycles. The molecule has 0 aliphatic carbocycles. The van der Waals surface area contributed by atoms with Crippen LogP contribution in [0.5, 0.6) is 0 Å². The summed E-state index contributed by atoms with van der Waals surface area (Å²) in [6.45, 7) is 4.71. The van der Waals surface area contributed by atoms with Crippen LogP contribution in [0, 0.1) is 30.2 Å². The number of hydrogen-bond donors (Lipinski definition) is 0. The number of thioether (sulfide) groups is 1. The van der Waals surface area contributed by atoms with E-state index in [0.717, 1.165) is 0 Å². The maximum Gasteiger partial charge on any atom is 0.166 e. The molecular formula is C10H9F4S. The Hall–Kier alpha value is -0.710. The van der Waals surface area contributed by atoms with Gasteiger partial charge < -0.3 is 0 Å². The predicted octanol–water partition coefficient (Wildman–Crippen LogP) is 3.68. The Morgan fingerprint density at radius 3 is 1.87 bits per heavy atom. The topological polar surface area (TPSA) is 0 Å². The highest BCUT2D eigenvalue weighted by atomic mass is 32.2. The highest BCUT2D eigenvalue weighted by Crippen LogP contribution is 2.26. The van der Waals surface area contributed by atoms with Crippen molar-refractivity contribution in [3.63, 3.8) is 0 Å². The molecule has 0 heterocycles. The summed E-state index contributed by atoms with van der Waals surface area (Å²) in [6.07, 6.45) is 0. The average Bonchev–Trinajstić information content (AvgIpc) is 2.24. The van der Waals surface area contributed by atoms with Crippen molar-refractivity contribution in [2.75, 3.05) is 5.75 Å². The van der Waals surface area contributed by atoms with E-state index in [4.69, 9.17) is 0 Å². The van der Waals surface area contributed by atoms with Gasteiger partial charge in [0.05, 0.1) is 0 Å². The molecule has 1 rings (SSSR count). The van der Waals surface area contributed by atoms with Crippen molar-refractivity contribution in [3.8, 4) is 0 Å². The zero-order valence-corrected chi connectivity index (χ0v) is 8.86. The molecule has 0 amide bonds. The number of halogens is 4. The fourth-order valence-electron chi connectivity index (χ4n) is 1.05. The van der Waals surface area contributed by atoms with E-state index >= 15 is 0 Å². The first kappa shape index (κ1) is 12.4. The van der Waals surface area contributed by atoms with Gasteiger partial charge in [0.2, 0.25) is 0 Å². The van der Waals surface area contributed by atoms with E-state index < -0.39 is 34.4 Å². The largest absolute Gasteiger partial charge is 0.203 e. The van der Waals surface area contributed by atoms with Crippen LogP contribution in [-0.4, -0.2) is 5.75 Å². The number of benzene rings is 1. The lowest BCUT2D eigenvalue weighted by Crippen LogP contribution is -2.05. The van der Waals surface area contributed by atoms with Crippen molar-refractivity contribution < 1.29 is 17.6 Å². The predicted molar refractivity (Wildman–Crippen MR) is 52.6 cm³/mol. The Bertz CT molecular complexity index is 347. The third-order valence-electron chi connectivity index (χ3n) is 1.90. The third-order valence-corrected chi connectivity index (χ3v) is 2.80. The zero-order valence-electron chi connectivity index (χ0n) is 8.04. The Morgan fingerprint density at radius 1 is 1.00 bits per heavy atom. The summed E-state index contributed by atoms with van der Waals surface area (Å²) in [6, 6.07) is 0. The van der Waals surface area contributed by atoms with E-state index in [-0.39, 0.29) is 5.75 Å². The molecular weight excluding hydrogens is 228 g/mol. The molecule has 0 aliphatic rings. The highest BCUT2D eigenvalue weighted by Gasteiger charge is 2.22. The second-order valence-electron chi connectivity index (χ2n) is 2.85. The summed E-state index contributed by atoms with van der Waals surface area (Å²) in [5, 5.41) is 0. The van der Waals surface area contributed by atoms with Crippen molar-refractivity contribution in [1.29, 1.82) is 0 Å². The van der Waals surface area contributed by atoms with Crippen LogP contribution in [0.2, 0.25) is 0 Å². The van der Waals surface area contributed by atoms with Gasteiger partial charge in [-0.1, -0.05) is 6.92 Å². The molecule has 0 nitrogen and oxygen atoms in total. The van der Waals surface area contributed by atoms with Gasteiger partial charge in [-0.3, -0.25) is 0 Å². The van der Waals surface area contributed by atoms with Crippen LogP contribution >= 0.6 is 11.8 Å².